The minimum absolute atomic E-state index is 0.0626. The number of nitrogens with zero attached hydrogens (tertiary/aromatic N) is 4. The van der Waals surface area contributed by atoms with E-state index in [1.54, 1.807) is 0 Å². The summed E-state index contributed by atoms with van der Waals surface area (Å²) in [5, 5.41) is 2.00. The molecule has 2 aromatic rings. The molecule has 6 nitrogen and oxygen atoms in total. The van der Waals surface area contributed by atoms with Gasteiger partial charge in [0.25, 0.3) is 0 Å². The number of hydroxylamine groups is 1. The molecule has 1 atom stereocenters. The lowest BCUT2D eigenvalue weighted by atomic mass is 9.96. The maximum Gasteiger partial charge on any atom is 0.130 e. The quantitative estimate of drug-likeness (QED) is 0.337. The molecule has 4 rings (SSSR count). The first-order valence-corrected chi connectivity index (χ1v) is 12.9. The second-order valence-electron chi connectivity index (χ2n) is 10.2. The molecule has 2 aromatic carbocycles. The fraction of sp³-hybridized carbons (Fsp3) is 0.517. The number of hydrogen-bond acceptors (Lipinski definition) is 5. The Bertz CT molecular complexity index is 1060. The third-order valence-corrected chi connectivity index (χ3v) is 7.45. The summed E-state index contributed by atoms with van der Waals surface area (Å²) in [6, 6.07) is 13.2. The van der Waals surface area contributed by atoms with Crippen LogP contribution in [0, 0.1) is 19.8 Å². The number of aldehydes is 1. The second-order valence-corrected chi connectivity index (χ2v) is 10.2. The van der Waals surface area contributed by atoms with Gasteiger partial charge in [0.05, 0.1) is 18.3 Å². The third kappa shape index (κ3) is 5.60. The van der Waals surface area contributed by atoms with Crippen LogP contribution in [0.15, 0.2) is 41.4 Å². The van der Waals surface area contributed by atoms with Crippen molar-refractivity contribution < 1.29 is 9.63 Å². The van der Waals surface area contributed by atoms with Gasteiger partial charge >= 0.3 is 0 Å². The summed E-state index contributed by atoms with van der Waals surface area (Å²) in [6.07, 6.45) is 2.40. The van der Waals surface area contributed by atoms with Gasteiger partial charge in [-0.1, -0.05) is 44.2 Å². The lowest BCUT2D eigenvalue weighted by molar-refractivity contribution is -0.108. The summed E-state index contributed by atoms with van der Waals surface area (Å²) in [5.41, 5.74) is 7.63. The molecule has 0 amide bonds. The van der Waals surface area contributed by atoms with Crippen molar-refractivity contribution in [3.05, 3.63) is 64.2 Å². The van der Waals surface area contributed by atoms with Gasteiger partial charge < -0.3 is 9.69 Å². The van der Waals surface area contributed by atoms with Crippen LogP contribution in [0.1, 0.15) is 48.1 Å². The first-order valence-electron chi connectivity index (χ1n) is 12.9. The van der Waals surface area contributed by atoms with Crippen molar-refractivity contribution in [2.24, 2.45) is 10.9 Å². The molecule has 1 unspecified atom stereocenters. The van der Waals surface area contributed by atoms with Crippen LogP contribution in [0.25, 0.3) is 0 Å². The Labute approximate surface area is 210 Å². The van der Waals surface area contributed by atoms with Gasteiger partial charge in [0, 0.05) is 58.2 Å². The SMILES string of the molecule is C/N=C(\c1ccccc1C)N1CCN(Cc2cc3c(cc2C)N(C(CC=O)C(C)C)OCC3)CC1. The molecule has 6 heteroatoms. The Kier molecular flexibility index (Phi) is 8.24. The first kappa shape index (κ1) is 25.4. The largest absolute Gasteiger partial charge is 0.354 e. The average molecular weight is 477 g/mol. The van der Waals surface area contributed by atoms with E-state index in [4.69, 9.17) is 4.84 Å². The van der Waals surface area contributed by atoms with Crippen LogP contribution >= 0.6 is 0 Å². The van der Waals surface area contributed by atoms with Crippen molar-refractivity contribution in [3.63, 3.8) is 0 Å². The van der Waals surface area contributed by atoms with Crippen molar-refractivity contribution in [1.29, 1.82) is 0 Å². The topological polar surface area (TPSA) is 48.4 Å². The number of aryl methyl sites for hydroxylation is 2. The molecule has 0 aromatic heterocycles. The number of carbonyl (C=O) groups excluding carboxylic acids is 1. The number of carbonyl (C=O) groups is 1. The average Bonchev–Trinajstić information content (AvgIpc) is 2.85. The summed E-state index contributed by atoms with van der Waals surface area (Å²) in [4.78, 5) is 27.0. The van der Waals surface area contributed by atoms with E-state index in [0.717, 1.165) is 57.0 Å². The highest BCUT2D eigenvalue weighted by Crippen LogP contribution is 2.33. The van der Waals surface area contributed by atoms with Crippen LogP contribution in [0.4, 0.5) is 5.69 Å². The van der Waals surface area contributed by atoms with E-state index in [1.807, 2.05) is 12.1 Å². The van der Waals surface area contributed by atoms with E-state index in [0.29, 0.717) is 18.9 Å². The Balaban J connectivity index is 1.45. The summed E-state index contributed by atoms with van der Waals surface area (Å²) in [7, 11) is 1.90. The van der Waals surface area contributed by atoms with Gasteiger partial charge in [0.1, 0.15) is 12.1 Å². The monoisotopic (exact) mass is 476 g/mol. The highest BCUT2D eigenvalue weighted by molar-refractivity contribution is 6.00. The van der Waals surface area contributed by atoms with Gasteiger partial charge in [-0.15, -0.1) is 0 Å². The smallest absolute Gasteiger partial charge is 0.130 e. The Morgan fingerprint density at radius 2 is 1.83 bits per heavy atom. The molecule has 0 aliphatic carbocycles. The second kappa shape index (κ2) is 11.4. The van der Waals surface area contributed by atoms with E-state index in [2.05, 4.69) is 78.9 Å². The number of fused-ring (bicyclic) bond motifs is 1. The molecule has 35 heavy (non-hydrogen) atoms. The van der Waals surface area contributed by atoms with E-state index in [9.17, 15) is 4.79 Å². The molecule has 188 valence electrons. The molecule has 0 radical (unpaired) electrons. The zero-order valence-corrected chi connectivity index (χ0v) is 22.0. The predicted octanol–water partition coefficient (Wildman–Crippen LogP) is 4.41. The van der Waals surface area contributed by atoms with Gasteiger partial charge in [-0.2, -0.15) is 0 Å². The maximum absolute atomic E-state index is 11.3. The molecule has 0 spiro atoms. The molecule has 2 aliphatic heterocycles. The zero-order valence-electron chi connectivity index (χ0n) is 22.0. The van der Waals surface area contributed by atoms with E-state index in [1.165, 1.54) is 27.8 Å². The van der Waals surface area contributed by atoms with Gasteiger partial charge in [-0.05, 0) is 48.1 Å². The van der Waals surface area contributed by atoms with E-state index < -0.39 is 0 Å². The molecule has 0 saturated carbocycles. The Hall–Kier alpha value is -2.70. The Morgan fingerprint density at radius 1 is 1.09 bits per heavy atom. The summed E-state index contributed by atoms with van der Waals surface area (Å²) < 4.78 is 0. The predicted molar refractivity (Wildman–Crippen MR) is 143 cm³/mol. The van der Waals surface area contributed by atoms with E-state index in [-0.39, 0.29) is 6.04 Å². The van der Waals surface area contributed by atoms with Crippen molar-refractivity contribution in [2.45, 2.75) is 53.1 Å². The lowest BCUT2D eigenvalue weighted by Crippen LogP contribution is -2.48. The fourth-order valence-electron chi connectivity index (χ4n) is 5.31. The van der Waals surface area contributed by atoms with Crippen molar-refractivity contribution in [3.8, 4) is 0 Å². The fourth-order valence-corrected chi connectivity index (χ4v) is 5.31. The van der Waals surface area contributed by atoms with Crippen molar-refractivity contribution in [1.82, 2.24) is 9.80 Å². The van der Waals surface area contributed by atoms with Crippen LogP contribution in [-0.4, -0.2) is 67.8 Å². The minimum atomic E-state index is 0.0626. The normalized spacial score (nSPS) is 18.1. The number of amidine groups is 1. The summed E-state index contributed by atoms with van der Waals surface area (Å²) >= 11 is 0. The summed E-state index contributed by atoms with van der Waals surface area (Å²) in [6.45, 7) is 14.3. The molecule has 0 bridgehead atoms. The molecular formula is C29H40N4O2. The molecule has 0 N–H and O–H groups in total. The molecule has 1 fully saturated rings. The van der Waals surface area contributed by atoms with Gasteiger partial charge in [-0.25, -0.2) is 0 Å². The molecule has 2 aliphatic rings. The zero-order chi connectivity index (χ0) is 24.9. The highest BCUT2D eigenvalue weighted by Gasteiger charge is 2.29. The van der Waals surface area contributed by atoms with Crippen LogP contribution < -0.4 is 5.06 Å². The van der Waals surface area contributed by atoms with Gasteiger partial charge in [0.2, 0.25) is 0 Å². The molecule has 1 saturated heterocycles. The van der Waals surface area contributed by atoms with Crippen molar-refractivity contribution >= 4 is 17.8 Å². The number of rotatable bonds is 7. The first-order chi connectivity index (χ1) is 16.9. The number of benzene rings is 2. The number of hydrogen-bond donors (Lipinski definition) is 0. The number of piperazine rings is 1. The van der Waals surface area contributed by atoms with Crippen LogP contribution in [0.2, 0.25) is 0 Å². The van der Waals surface area contributed by atoms with Crippen molar-refractivity contribution in [2.75, 3.05) is 44.9 Å². The molecular weight excluding hydrogens is 436 g/mol. The Morgan fingerprint density at radius 3 is 2.49 bits per heavy atom. The highest BCUT2D eigenvalue weighted by atomic mass is 16.7. The van der Waals surface area contributed by atoms with Crippen LogP contribution in [-0.2, 0) is 22.6 Å². The number of aliphatic imine (C=N–C) groups is 1. The third-order valence-electron chi connectivity index (χ3n) is 7.45. The van der Waals surface area contributed by atoms with Crippen LogP contribution in [0.3, 0.4) is 0 Å². The van der Waals surface area contributed by atoms with Gasteiger partial charge in [-0.3, -0.25) is 19.8 Å². The van der Waals surface area contributed by atoms with E-state index >= 15 is 0 Å². The molecule has 2 heterocycles. The van der Waals surface area contributed by atoms with Crippen LogP contribution in [0.5, 0.6) is 0 Å². The minimum Gasteiger partial charge on any atom is -0.354 e. The summed E-state index contributed by atoms with van der Waals surface area (Å²) in [5.74, 6) is 1.43. The number of anilines is 1. The standard InChI is InChI=1S/C29H40N4O2/c1-21(2)27(10-16-34)33-28-18-23(4)25(19-24(28)11-17-35-33)20-31-12-14-32(15-13-31)29(30-5)26-9-7-6-8-22(26)3/h6-9,16,18-19,21,27H,10-15,17,20H2,1-5H3/b30-29+. The lowest BCUT2D eigenvalue weighted by Gasteiger charge is -2.39. The van der Waals surface area contributed by atoms with Gasteiger partial charge in [0.15, 0.2) is 0 Å². The maximum atomic E-state index is 11.3.